The van der Waals surface area contributed by atoms with Crippen LogP contribution in [0.5, 0.6) is 0 Å². The third kappa shape index (κ3) is 2.57. The van der Waals surface area contributed by atoms with Gasteiger partial charge in [-0.2, -0.15) is 5.10 Å². The lowest BCUT2D eigenvalue weighted by Gasteiger charge is -2.22. The van der Waals surface area contributed by atoms with Gasteiger partial charge in [-0.3, -0.25) is 9.89 Å². The topological polar surface area (TPSA) is 88.2 Å². The molecule has 1 aliphatic heterocycles. The number of hydrogen-bond donors (Lipinski definition) is 1. The van der Waals surface area contributed by atoms with Gasteiger partial charge in [0.15, 0.2) is 5.82 Å². The summed E-state index contributed by atoms with van der Waals surface area (Å²) in [6, 6.07) is 6.58. The summed E-state index contributed by atoms with van der Waals surface area (Å²) in [6.07, 6.45) is 2.88. The number of methoxy groups -OCH3 is 1. The lowest BCUT2D eigenvalue weighted by Crippen LogP contribution is -2.41. The highest BCUT2D eigenvalue weighted by Gasteiger charge is 2.35. The van der Waals surface area contributed by atoms with Crippen molar-refractivity contribution in [3.63, 3.8) is 0 Å². The van der Waals surface area contributed by atoms with E-state index in [2.05, 4.69) is 15.2 Å². The molecule has 0 radical (unpaired) electrons. The maximum absolute atomic E-state index is 12.6. The lowest BCUT2D eigenvalue weighted by atomic mass is 10.1. The zero-order valence-electron chi connectivity index (χ0n) is 12.2. The fourth-order valence-electron chi connectivity index (χ4n) is 2.67. The fourth-order valence-corrected chi connectivity index (χ4v) is 2.67. The number of aromatic amines is 1. The quantitative estimate of drug-likeness (QED) is 0.862. The zero-order valence-corrected chi connectivity index (χ0v) is 12.2. The maximum atomic E-state index is 12.6. The number of hydrogen-bond acceptors (Lipinski definition) is 5. The van der Waals surface area contributed by atoms with Gasteiger partial charge in [0, 0.05) is 17.7 Å². The predicted molar refractivity (Wildman–Crippen MR) is 77.9 cm³/mol. The molecule has 1 aliphatic rings. The van der Waals surface area contributed by atoms with Crippen LogP contribution >= 0.6 is 0 Å². The summed E-state index contributed by atoms with van der Waals surface area (Å²) in [7, 11) is 1.34. The molecule has 22 heavy (non-hydrogen) atoms. The largest absolute Gasteiger partial charge is 0.467 e. The van der Waals surface area contributed by atoms with Crippen LogP contribution in [0, 0.1) is 0 Å². The zero-order chi connectivity index (χ0) is 15.5. The first-order valence-corrected chi connectivity index (χ1v) is 7.05. The van der Waals surface area contributed by atoms with Gasteiger partial charge in [-0.15, -0.1) is 0 Å². The van der Waals surface area contributed by atoms with Gasteiger partial charge in [0.1, 0.15) is 12.4 Å². The number of esters is 1. The van der Waals surface area contributed by atoms with Gasteiger partial charge in [-0.25, -0.2) is 9.78 Å². The summed E-state index contributed by atoms with van der Waals surface area (Å²) in [4.78, 5) is 29.9. The van der Waals surface area contributed by atoms with Crippen LogP contribution in [0.15, 0.2) is 30.6 Å². The Morgan fingerprint density at radius 1 is 1.32 bits per heavy atom. The van der Waals surface area contributed by atoms with Crippen LogP contribution in [0.4, 0.5) is 0 Å². The van der Waals surface area contributed by atoms with Crippen LogP contribution in [0.1, 0.15) is 23.2 Å². The first kappa shape index (κ1) is 14.2. The molecule has 1 fully saturated rings. The van der Waals surface area contributed by atoms with Gasteiger partial charge >= 0.3 is 5.97 Å². The van der Waals surface area contributed by atoms with Crippen molar-refractivity contribution in [1.29, 1.82) is 0 Å². The number of carbonyl (C=O) groups excluding carboxylic acids is 2. The van der Waals surface area contributed by atoms with Gasteiger partial charge in [-0.05, 0) is 25.0 Å². The maximum Gasteiger partial charge on any atom is 0.328 e. The number of rotatable bonds is 3. The van der Waals surface area contributed by atoms with Crippen molar-refractivity contribution >= 4 is 11.9 Å². The number of aromatic nitrogens is 3. The van der Waals surface area contributed by atoms with E-state index in [0.717, 1.165) is 12.0 Å². The van der Waals surface area contributed by atoms with Gasteiger partial charge in [0.05, 0.1) is 7.11 Å². The highest BCUT2D eigenvalue weighted by atomic mass is 16.5. The Kier molecular flexibility index (Phi) is 3.86. The molecule has 7 heteroatoms. The lowest BCUT2D eigenvalue weighted by molar-refractivity contribution is -0.145. The summed E-state index contributed by atoms with van der Waals surface area (Å²) in [5.41, 5.74) is 1.39. The van der Waals surface area contributed by atoms with Crippen molar-refractivity contribution in [3.8, 4) is 11.4 Å². The molecular weight excluding hydrogens is 284 g/mol. The minimum absolute atomic E-state index is 0.156. The third-order valence-electron chi connectivity index (χ3n) is 3.81. The number of nitrogens with one attached hydrogen (secondary N) is 1. The van der Waals surface area contributed by atoms with Crippen LogP contribution in [0.2, 0.25) is 0 Å². The minimum atomic E-state index is -0.480. The van der Waals surface area contributed by atoms with E-state index in [4.69, 9.17) is 4.74 Å². The molecule has 0 bridgehead atoms. The van der Waals surface area contributed by atoms with Crippen LogP contribution in [0.3, 0.4) is 0 Å². The van der Waals surface area contributed by atoms with E-state index in [9.17, 15) is 9.59 Å². The van der Waals surface area contributed by atoms with E-state index < -0.39 is 6.04 Å². The standard InChI is InChI=1S/C15H16N4O3/c1-22-15(21)12-3-2-8-19(12)14(20)11-6-4-10(5-7-11)13-16-9-17-18-13/h4-7,9,12H,2-3,8H2,1H3,(H,16,17,18)/t12-/m0/s1. The Labute approximate surface area is 127 Å². The summed E-state index contributed by atoms with van der Waals surface area (Å²) in [5.74, 6) is 0.133. The second-order valence-electron chi connectivity index (χ2n) is 5.09. The molecule has 1 atom stereocenters. The molecule has 0 unspecified atom stereocenters. The number of amides is 1. The number of H-pyrrole nitrogens is 1. The van der Waals surface area contributed by atoms with Crippen molar-refractivity contribution in [3.05, 3.63) is 36.2 Å². The van der Waals surface area contributed by atoms with Crippen molar-refractivity contribution in [2.24, 2.45) is 0 Å². The normalized spacial score (nSPS) is 17.5. The highest BCUT2D eigenvalue weighted by Crippen LogP contribution is 2.22. The van der Waals surface area contributed by atoms with E-state index in [1.807, 2.05) is 0 Å². The van der Waals surface area contributed by atoms with Gasteiger partial charge in [0.2, 0.25) is 0 Å². The van der Waals surface area contributed by atoms with Crippen molar-refractivity contribution in [2.75, 3.05) is 13.7 Å². The number of benzene rings is 1. The molecule has 2 heterocycles. The monoisotopic (exact) mass is 300 g/mol. The molecule has 1 saturated heterocycles. The SMILES string of the molecule is COC(=O)[C@@H]1CCCN1C(=O)c1ccc(-c2ncn[nH]2)cc1. The first-order valence-electron chi connectivity index (χ1n) is 7.05. The smallest absolute Gasteiger partial charge is 0.328 e. The second kappa shape index (κ2) is 5.97. The number of nitrogens with zero attached hydrogens (tertiary/aromatic N) is 3. The van der Waals surface area contributed by atoms with Gasteiger partial charge < -0.3 is 9.64 Å². The average Bonchev–Trinajstić information content (AvgIpc) is 3.25. The summed E-state index contributed by atoms with van der Waals surface area (Å²) in [6.45, 7) is 0.572. The van der Waals surface area contributed by atoms with E-state index in [1.54, 1.807) is 29.2 Å². The number of ether oxygens (including phenoxy) is 1. The molecule has 0 aliphatic carbocycles. The van der Waals surface area contributed by atoms with Gasteiger partial charge in [0.25, 0.3) is 5.91 Å². The Morgan fingerprint density at radius 2 is 2.09 bits per heavy atom. The van der Waals surface area contributed by atoms with Crippen LogP contribution in [0.25, 0.3) is 11.4 Å². The summed E-state index contributed by atoms with van der Waals surface area (Å²) in [5, 5.41) is 6.56. The molecule has 0 spiro atoms. The fraction of sp³-hybridized carbons (Fsp3) is 0.333. The average molecular weight is 300 g/mol. The predicted octanol–water partition coefficient (Wildman–Crippen LogP) is 1.25. The molecule has 0 saturated carbocycles. The Bertz CT molecular complexity index is 667. The second-order valence-corrected chi connectivity index (χ2v) is 5.09. The minimum Gasteiger partial charge on any atom is -0.467 e. The van der Waals surface area contributed by atoms with Gasteiger partial charge in [-0.1, -0.05) is 12.1 Å². The van der Waals surface area contributed by atoms with Crippen LogP contribution in [-0.2, 0) is 9.53 Å². The van der Waals surface area contributed by atoms with Crippen LogP contribution < -0.4 is 0 Å². The molecule has 114 valence electrons. The van der Waals surface area contributed by atoms with Crippen molar-refractivity contribution in [1.82, 2.24) is 20.1 Å². The molecular formula is C15H16N4O3. The number of carbonyl (C=O) groups is 2. The molecule has 3 rings (SSSR count). The van der Waals surface area contributed by atoms with E-state index >= 15 is 0 Å². The summed E-state index contributed by atoms with van der Waals surface area (Å²) < 4.78 is 4.77. The van der Waals surface area contributed by atoms with E-state index in [-0.39, 0.29) is 11.9 Å². The van der Waals surface area contributed by atoms with Crippen molar-refractivity contribution < 1.29 is 14.3 Å². The third-order valence-corrected chi connectivity index (χ3v) is 3.81. The highest BCUT2D eigenvalue weighted by molar-refractivity contribution is 5.97. The number of likely N-dealkylation sites (tertiary alicyclic amines) is 1. The summed E-state index contributed by atoms with van der Waals surface area (Å²) >= 11 is 0. The Balaban J connectivity index is 1.79. The Morgan fingerprint density at radius 3 is 2.73 bits per heavy atom. The van der Waals surface area contributed by atoms with E-state index in [0.29, 0.717) is 24.4 Å². The molecule has 7 nitrogen and oxygen atoms in total. The molecule has 2 aromatic rings. The molecule has 1 amide bonds. The van der Waals surface area contributed by atoms with Crippen LogP contribution in [-0.4, -0.2) is 51.7 Å². The molecule has 1 N–H and O–H groups in total. The molecule has 1 aromatic carbocycles. The van der Waals surface area contributed by atoms with Crippen molar-refractivity contribution in [2.45, 2.75) is 18.9 Å². The Hall–Kier alpha value is -2.70. The first-order chi connectivity index (χ1) is 10.7. The molecule has 1 aromatic heterocycles. The van der Waals surface area contributed by atoms with E-state index in [1.165, 1.54) is 13.4 Å².